The van der Waals surface area contributed by atoms with Crippen molar-refractivity contribution in [1.82, 2.24) is 9.97 Å². The van der Waals surface area contributed by atoms with Crippen LogP contribution in [-0.2, 0) is 6.54 Å². The van der Waals surface area contributed by atoms with Gasteiger partial charge in [-0.05, 0) is 34.1 Å². The van der Waals surface area contributed by atoms with Gasteiger partial charge in [-0.15, -0.1) is 0 Å². The van der Waals surface area contributed by atoms with Crippen LogP contribution in [0.3, 0.4) is 0 Å². The highest BCUT2D eigenvalue weighted by Crippen LogP contribution is 2.27. The molecular weight excluding hydrogens is 292 g/mol. The van der Waals surface area contributed by atoms with Crippen molar-refractivity contribution in [1.29, 1.82) is 5.26 Å². The van der Waals surface area contributed by atoms with Crippen molar-refractivity contribution in [2.45, 2.75) is 6.54 Å². The summed E-state index contributed by atoms with van der Waals surface area (Å²) in [4.78, 5) is 10.3. The highest BCUT2D eigenvalue weighted by atomic mass is 79.9. The number of benzene rings is 1. The minimum atomic E-state index is 0.638. The summed E-state index contributed by atoms with van der Waals surface area (Å²) in [6.45, 7) is 0.665. The van der Waals surface area contributed by atoms with E-state index in [2.05, 4.69) is 36.9 Å². The molecule has 0 atom stereocenters. The SMILES string of the molecule is CN(Cc1cnccn1)c1ccc(C#N)cc1Br. The van der Waals surface area contributed by atoms with Crippen molar-refractivity contribution in [3.63, 3.8) is 0 Å². The Morgan fingerprint density at radius 2 is 2.22 bits per heavy atom. The molecule has 0 aliphatic carbocycles. The zero-order chi connectivity index (χ0) is 13.0. The van der Waals surface area contributed by atoms with E-state index in [1.807, 2.05) is 19.2 Å². The second-order valence-corrected chi connectivity index (χ2v) is 4.69. The number of hydrogen-bond acceptors (Lipinski definition) is 4. The van der Waals surface area contributed by atoms with E-state index in [0.29, 0.717) is 12.1 Å². The van der Waals surface area contributed by atoms with Gasteiger partial charge < -0.3 is 4.90 Å². The quantitative estimate of drug-likeness (QED) is 0.875. The maximum Gasteiger partial charge on any atom is 0.0992 e. The Morgan fingerprint density at radius 1 is 1.39 bits per heavy atom. The fourth-order valence-corrected chi connectivity index (χ4v) is 2.31. The Balaban J connectivity index is 2.19. The smallest absolute Gasteiger partial charge is 0.0992 e. The van der Waals surface area contributed by atoms with Gasteiger partial charge in [0.1, 0.15) is 0 Å². The molecule has 0 unspecified atom stereocenters. The minimum absolute atomic E-state index is 0.638. The lowest BCUT2D eigenvalue weighted by atomic mass is 10.2. The predicted molar refractivity (Wildman–Crippen MR) is 73.0 cm³/mol. The molecule has 0 saturated carbocycles. The summed E-state index contributed by atoms with van der Waals surface area (Å²) < 4.78 is 0.896. The molecule has 0 N–H and O–H groups in total. The predicted octanol–water partition coefficient (Wildman–Crippen LogP) is 2.75. The van der Waals surface area contributed by atoms with E-state index in [1.165, 1.54) is 0 Å². The average molecular weight is 303 g/mol. The van der Waals surface area contributed by atoms with Crippen molar-refractivity contribution in [3.8, 4) is 6.07 Å². The van der Waals surface area contributed by atoms with Crippen LogP contribution in [0.1, 0.15) is 11.3 Å². The van der Waals surface area contributed by atoms with Crippen LogP contribution in [-0.4, -0.2) is 17.0 Å². The topological polar surface area (TPSA) is 52.8 Å². The highest BCUT2D eigenvalue weighted by molar-refractivity contribution is 9.10. The second-order valence-electron chi connectivity index (χ2n) is 3.83. The molecule has 4 nitrogen and oxygen atoms in total. The first-order valence-electron chi connectivity index (χ1n) is 5.36. The Hall–Kier alpha value is -1.93. The van der Waals surface area contributed by atoms with Gasteiger partial charge in [-0.25, -0.2) is 0 Å². The first-order valence-corrected chi connectivity index (χ1v) is 6.15. The fraction of sp³-hybridized carbons (Fsp3) is 0.154. The molecule has 18 heavy (non-hydrogen) atoms. The van der Waals surface area contributed by atoms with Crippen LogP contribution in [0.25, 0.3) is 0 Å². The van der Waals surface area contributed by atoms with Gasteiger partial charge in [-0.1, -0.05) is 0 Å². The van der Waals surface area contributed by atoms with Crippen molar-refractivity contribution in [2.24, 2.45) is 0 Å². The molecule has 0 amide bonds. The fourth-order valence-electron chi connectivity index (χ4n) is 1.63. The summed E-state index contributed by atoms with van der Waals surface area (Å²) in [6.07, 6.45) is 5.08. The van der Waals surface area contributed by atoms with E-state index in [0.717, 1.165) is 15.9 Å². The van der Waals surface area contributed by atoms with Crippen LogP contribution < -0.4 is 4.90 Å². The number of aromatic nitrogens is 2. The molecule has 5 heteroatoms. The molecule has 0 aliphatic heterocycles. The summed E-state index contributed by atoms with van der Waals surface area (Å²) in [5.74, 6) is 0. The minimum Gasteiger partial charge on any atom is -0.368 e. The summed E-state index contributed by atoms with van der Waals surface area (Å²) in [5, 5.41) is 8.82. The van der Waals surface area contributed by atoms with Gasteiger partial charge in [0, 0.05) is 23.9 Å². The van der Waals surface area contributed by atoms with Crippen molar-refractivity contribution in [3.05, 3.63) is 52.5 Å². The van der Waals surface area contributed by atoms with Gasteiger partial charge in [-0.2, -0.15) is 5.26 Å². The molecule has 0 saturated heterocycles. The largest absolute Gasteiger partial charge is 0.368 e. The third-order valence-electron chi connectivity index (χ3n) is 2.50. The third kappa shape index (κ3) is 2.84. The standard InChI is InChI=1S/C13H11BrN4/c1-18(9-11-8-16-4-5-17-11)13-3-2-10(7-15)6-12(13)14/h2-6,8H,9H2,1H3. The van der Waals surface area contributed by atoms with Crippen LogP contribution in [0.5, 0.6) is 0 Å². The van der Waals surface area contributed by atoms with E-state index < -0.39 is 0 Å². The van der Waals surface area contributed by atoms with Gasteiger partial charge in [0.05, 0.1) is 35.8 Å². The first-order chi connectivity index (χ1) is 8.70. The molecule has 1 aromatic carbocycles. The monoisotopic (exact) mass is 302 g/mol. The van der Waals surface area contributed by atoms with Gasteiger partial charge in [-0.3, -0.25) is 9.97 Å². The summed E-state index contributed by atoms with van der Waals surface area (Å²) in [5.41, 5.74) is 2.55. The first kappa shape index (κ1) is 12.5. The van der Waals surface area contributed by atoms with Crippen LogP contribution in [0.2, 0.25) is 0 Å². The van der Waals surface area contributed by atoms with E-state index >= 15 is 0 Å². The van der Waals surface area contributed by atoms with Gasteiger partial charge >= 0.3 is 0 Å². The van der Waals surface area contributed by atoms with Crippen molar-refractivity contribution >= 4 is 21.6 Å². The van der Waals surface area contributed by atoms with E-state index in [-0.39, 0.29) is 0 Å². The molecule has 0 bridgehead atoms. The van der Waals surface area contributed by atoms with E-state index in [9.17, 15) is 0 Å². The summed E-state index contributed by atoms with van der Waals surface area (Å²) in [7, 11) is 1.97. The molecule has 0 fully saturated rings. The molecular formula is C13H11BrN4. The van der Waals surface area contributed by atoms with Crippen LogP contribution in [0, 0.1) is 11.3 Å². The van der Waals surface area contributed by atoms with E-state index in [4.69, 9.17) is 5.26 Å². The Bertz CT molecular complexity index is 577. The molecule has 2 rings (SSSR count). The van der Waals surface area contributed by atoms with Crippen LogP contribution in [0.4, 0.5) is 5.69 Å². The second kappa shape index (κ2) is 5.61. The number of nitriles is 1. The van der Waals surface area contributed by atoms with Gasteiger partial charge in [0.2, 0.25) is 0 Å². The Morgan fingerprint density at radius 3 is 2.83 bits per heavy atom. The lowest BCUT2D eigenvalue weighted by Gasteiger charge is -2.20. The van der Waals surface area contributed by atoms with Crippen LogP contribution in [0.15, 0.2) is 41.3 Å². The molecule has 90 valence electrons. The van der Waals surface area contributed by atoms with Crippen molar-refractivity contribution < 1.29 is 0 Å². The molecule has 2 aromatic rings. The number of anilines is 1. The molecule has 1 aromatic heterocycles. The summed E-state index contributed by atoms with van der Waals surface area (Å²) in [6, 6.07) is 7.64. The number of hydrogen-bond donors (Lipinski definition) is 0. The lowest BCUT2D eigenvalue weighted by Crippen LogP contribution is -2.17. The number of rotatable bonds is 3. The van der Waals surface area contributed by atoms with Gasteiger partial charge in [0.25, 0.3) is 0 Å². The van der Waals surface area contributed by atoms with Crippen molar-refractivity contribution in [2.75, 3.05) is 11.9 Å². The maximum atomic E-state index is 8.82. The lowest BCUT2D eigenvalue weighted by molar-refractivity contribution is 0.871. The Labute approximate surface area is 114 Å². The van der Waals surface area contributed by atoms with E-state index in [1.54, 1.807) is 24.7 Å². The molecule has 0 spiro atoms. The normalized spacial score (nSPS) is 9.83. The molecule has 1 heterocycles. The number of nitrogens with zero attached hydrogens (tertiary/aromatic N) is 4. The molecule has 0 aliphatic rings. The maximum absolute atomic E-state index is 8.82. The number of halogens is 1. The third-order valence-corrected chi connectivity index (χ3v) is 3.14. The summed E-state index contributed by atoms with van der Waals surface area (Å²) >= 11 is 3.47. The average Bonchev–Trinajstić information content (AvgIpc) is 2.39. The van der Waals surface area contributed by atoms with Crippen LogP contribution >= 0.6 is 15.9 Å². The zero-order valence-corrected chi connectivity index (χ0v) is 11.4. The zero-order valence-electron chi connectivity index (χ0n) is 9.84. The molecule has 0 radical (unpaired) electrons. The highest BCUT2D eigenvalue weighted by Gasteiger charge is 2.07. The Kier molecular flexibility index (Phi) is 3.90. The van der Waals surface area contributed by atoms with Gasteiger partial charge in [0.15, 0.2) is 0 Å².